The van der Waals surface area contributed by atoms with Crippen LogP contribution in [-0.4, -0.2) is 66.8 Å². The fourth-order valence-electron chi connectivity index (χ4n) is 6.34. The lowest BCUT2D eigenvalue weighted by atomic mass is 9.70. The molecule has 4 atom stereocenters. The zero-order valence-corrected chi connectivity index (χ0v) is 22.6. The van der Waals surface area contributed by atoms with Gasteiger partial charge in [0.2, 0.25) is 11.8 Å². The minimum atomic E-state index is -0.892. The molecule has 2 saturated carbocycles. The molecule has 188 valence electrons. The van der Waals surface area contributed by atoms with Crippen molar-refractivity contribution in [3.63, 3.8) is 0 Å². The van der Waals surface area contributed by atoms with Crippen molar-refractivity contribution in [2.75, 3.05) is 20.6 Å². The van der Waals surface area contributed by atoms with Gasteiger partial charge in [0.25, 0.3) is 0 Å². The van der Waals surface area contributed by atoms with E-state index in [1.165, 1.54) is 6.92 Å². The van der Waals surface area contributed by atoms with Crippen LogP contribution in [0.5, 0.6) is 0 Å². The lowest BCUT2D eigenvalue weighted by Gasteiger charge is -2.45. The van der Waals surface area contributed by atoms with Crippen LogP contribution in [0.4, 0.5) is 0 Å². The second kappa shape index (κ2) is 8.52. The number of nitrogens with zero attached hydrogens (tertiary/aromatic N) is 1. The summed E-state index contributed by atoms with van der Waals surface area (Å²) in [5, 5.41) is 6.45. The van der Waals surface area contributed by atoms with Crippen LogP contribution in [0.15, 0.2) is 0 Å². The predicted octanol–water partition coefficient (Wildman–Crippen LogP) is 3.24. The molecule has 1 saturated heterocycles. The summed E-state index contributed by atoms with van der Waals surface area (Å²) in [6.07, 6.45) is 4.47. The SMILES string of the molecule is CC(=O)NC1(C(=O)NC(C)(C)C)C(CCCB2OC(C)(C)C(C)(C)O2)C[C@@H]2C[C@@]21CN(C)C. The van der Waals surface area contributed by atoms with E-state index in [9.17, 15) is 9.59 Å². The number of carbonyl (C=O) groups excluding carboxylic acids is 2. The summed E-state index contributed by atoms with van der Waals surface area (Å²) in [4.78, 5) is 28.6. The van der Waals surface area contributed by atoms with Gasteiger partial charge in [-0.2, -0.15) is 0 Å². The largest absolute Gasteiger partial charge is 0.457 e. The van der Waals surface area contributed by atoms with Crippen molar-refractivity contribution in [1.29, 1.82) is 0 Å². The standard InChI is InChI=1S/C25H46BN3O4/c1-17(30)27-25(20(31)28-21(2,3)4)18(14-19-15-24(19,25)16-29(9)10)12-11-13-26-32-22(5,6)23(7,8)33-26/h18-19H,11-16H2,1-10H3,(H,27,30)(H,28,31)/t18?,19-,24-,25?/m1/s1. The number of nitrogens with one attached hydrogen (secondary N) is 2. The first kappa shape index (κ1) is 26.5. The monoisotopic (exact) mass is 463 g/mol. The zero-order chi connectivity index (χ0) is 25.0. The average molecular weight is 463 g/mol. The topological polar surface area (TPSA) is 79.9 Å². The fourth-order valence-corrected chi connectivity index (χ4v) is 6.34. The summed E-state index contributed by atoms with van der Waals surface area (Å²) < 4.78 is 12.4. The third-order valence-electron chi connectivity index (χ3n) is 8.31. The molecule has 0 bridgehead atoms. The summed E-state index contributed by atoms with van der Waals surface area (Å²) in [6, 6.07) is 0. The van der Waals surface area contributed by atoms with E-state index in [2.05, 4.69) is 57.3 Å². The van der Waals surface area contributed by atoms with Crippen molar-refractivity contribution in [3.8, 4) is 0 Å². The van der Waals surface area contributed by atoms with Crippen molar-refractivity contribution in [1.82, 2.24) is 15.5 Å². The Kier molecular flexibility index (Phi) is 6.84. The smallest absolute Gasteiger partial charge is 0.403 e. The van der Waals surface area contributed by atoms with Gasteiger partial charge in [-0.25, -0.2) is 0 Å². The van der Waals surface area contributed by atoms with Crippen LogP contribution in [-0.2, 0) is 18.9 Å². The van der Waals surface area contributed by atoms with Gasteiger partial charge in [-0.1, -0.05) is 6.42 Å². The Balaban J connectivity index is 1.82. The molecular formula is C25H46BN3O4. The second-order valence-electron chi connectivity index (χ2n) is 13.0. The van der Waals surface area contributed by atoms with E-state index in [1.54, 1.807) is 0 Å². The zero-order valence-electron chi connectivity index (χ0n) is 22.6. The maximum absolute atomic E-state index is 13.9. The molecule has 3 fully saturated rings. The van der Waals surface area contributed by atoms with Gasteiger partial charge in [-0.15, -0.1) is 0 Å². The van der Waals surface area contributed by atoms with Crippen LogP contribution in [0.1, 0.15) is 81.1 Å². The number of carbonyl (C=O) groups is 2. The normalized spacial score (nSPS) is 34.3. The third-order valence-corrected chi connectivity index (χ3v) is 8.31. The highest BCUT2D eigenvalue weighted by Gasteiger charge is 2.77. The Morgan fingerprint density at radius 3 is 2.15 bits per heavy atom. The summed E-state index contributed by atoms with van der Waals surface area (Å²) in [5.74, 6) is 0.373. The third kappa shape index (κ3) is 4.85. The van der Waals surface area contributed by atoms with Gasteiger partial charge < -0.3 is 24.8 Å². The summed E-state index contributed by atoms with van der Waals surface area (Å²) in [6.45, 7) is 16.6. The molecule has 2 N–H and O–H groups in total. The number of fused-ring (bicyclic) bond motifs is 1. The van der Waals surface area contributed by atoms with E-state index in [-0.39, 0.29) is 47.0 Å². The molecule has 0 radical (unpaired) electrons. The van der Waals surface area contributed by atoms with Gasteiger partial charge >= 0.3 is 7.12 Å². The maximum Gasteiger partial charge on any atom is 0.457 e. The van der Waals surface area contributed by atoms with Crippen LogP contribution in [0.2, 0.25) is 6.32 Å². The Labute approximate surface area is 201 Å². The molecule has 3 aliphatic rings. The highest BCUT2D eigenvalue weighted by Crippen LogP contribution is 2.71. The highest BCUT2D eigenvalue weighted by atomic mass is 16.7. The summed E-state index contributed by atoms with van der Waals surface area (Å²) >= 11 is 0. The van der Waals surface area contributed by atoms with Gasteiger partial charge in [0.15, 0.2) is 0 Å². The van der Waals surface area contributed by atoms with E-state index in [4.69, 9.17) is 9.31 Å². The first-order chi connectivity index (χ1) is 15.0. The Bertz CT molecular complexity index is 762. The summed E-state index contributed by atoms with van der Waals surface area (Å²) in [5.41, 5.74) is -2.16. The van der Waals surface area contributed by atoms with Crippen LogP contribution in [0.3, 0.4) is 0 Å². The van der Waals surface area contributed by atoms with Crippen molar-refractivity contribution in [2.24, 2.45) is 17.3 Å². The number of rotatable bonds is 8. The first-order valence-corrected chi connectivity index (χ1v) is 12.6. The van der Waals surface area contributed by atoms with E-state index in [1.807, 2.05) is 20.8 Å². The quantitative estimate of drug-likeness (QED) is 0.541. The molecule has 33 heavy (non-hydrogen) atoms. The summed E-state index contributed by atoms with van der Waals surface area (Å²) in [7, 11) is 3.87. The minimum Gasteiger partial charge on any atom is -0.403 e. The molecule has 0 aromatic carbocycles. The molecule has 2 unspecified atom stereocenters. The van der Waals surface area contributed by atoms with Crippen LogP contribution in [0, 0.1) is 17.3 Å². The van der Waals surface area contributed by atoms with Gasteiger partial charge in [0.05, 0.1) is 11.2 Å². The number of hydrogen-bond donors (Lipinski definition) is 2. The van der Waals surface area contributed by atoms with Crippen molar-refractivity contribution < 1.29 is 18.9 Å². The van der Waals surface area contributed by atoms with E-state index in [0.29, 0.717) is 5.92 Å². The molecule has 0 spiro atoms. The van der Waals surface area contributed by atoms with Crippen LogP contribution >= 0.6 is 0 Å². The van der Waals surface area contributed by atoms with Crippen molar-refractivity contribution in [3.05, 3.63) is 0 Å². The lowest BCUT2D eigenvalue weighted by Crippen LogP contribution is -2.69. The van der Waals surface area contributed by atoms with Crippen LogP contribution < -0.4 is 10.6 Å². The van der Waals surface area contributed by atoms with Crippen LogP contribution in [0.25, 0.3) is 0 Å². The van der Waals surface area contributed by atoms with Crippen molar-refractivity contribution in [2.45, 2.75) is 110 Å². The molecule has 3 rings (SSSR count). The molecule has 8 heteroatoms. The average Bonchev–Trinajstić information content (AvgIpc) is 3.15. The van der Waals surface area contributed by atoms with Gasteiger partial charge in [0.1, 0.15) is 5.54 Å². The van der Waals surface area contributed by atoms with Crippen molar-refractivity contribution >= 4 is 18.9 Å². The molecule has 2 amide bonds. The molecule has 1 aliphatic heterocycles. The molecule has 2 aliphatic carbocycles. The minimum absolute atomic E-state index is 0.0346. The highest BCUT2D eigenvalue weighted by molar-refractivity contribution is 6.45. The lowest BCUT2D eigenvalue weighted by molar-refractivity contribution is -0.140. The maximum atomic E-state index is 13.9. The van der Waals surface area contributed by atoms with E-state index < -0.39 is 5.54 Å². The Morgan fingerprint density at radius 2 is 1.67 bits per heavy atom. The Hall–Kier alpha value is -1.12. The number of amides is 2. The Morgan fingerprint density at radius 1 is 1.09 bits per heavy atom. The number of hydrogen-bond acceptors (Lipinski definition) is 5. The molecule has 0 aromatic heterocycles. The van der Waals surface area contributed by atoms with E-state index >= 15 is 0 Å². The van der Waals surface area contributed by atoms with Gasteiger partial charge in [-0.05, 0) is 100.0 Å². The van der Waals surface area contributed by atoms with Gasteiger partial charge in [0, 0.05) is 24.4 Å². The second-order valence-corrected chi connectivity index (χ2v) is 13.0. The fraction of sp³-hybridized carbons (Fsp3) is 0.920. The predicted molar refractivity (Wildman–Crippen MR) is 132 cm³/mol. The first-order valence-electron chi connectivity index (χ1n) is 12.6. The van der Waals surface area contributed by atoms with Gasteiger partial charge in [-0.3, -0.25) is 9.59 Å². The molecule has 7 nitrogen and oxygen atoms in total. The van der Waals surface area contributed by atoms with E-state index in [0.717, 1.165) is 38.5 Å². The molecule has 0 aromatic rings. The molecular weight excluding hydrogens is 417 g/mol. The molecule has 1 heterocycles.